The lowest BCUT2D eigenvalue weighted by Crippen LogP contribution is -2.19. The monoisotopic (exact) mass is 207 g/mol. The Hall–Kier alpha value is -0.890. The standard InChI is InChI=1S/C13H18FN/c1-3-7-15-12-8-9(2)13-10(12)5-4-6-11(13)14/h4-6,9,12,15H,3,7-8H2,1-2H3. The zero-order valence-corrected chi connectivity index (χ0v) is 9.39. The third kappa shape index (κ3) is 1.91. The lowest BCUT2D eigenvalue weighted by molar-refractivity contribution is 0.503. The van der Waals surface area contributed by atoms with Crippen molar-refractivity contribution in [3.05, 3.63) is 35.1 Å². The highest BCUT2D eigenvalue weighted by Crippen LogP contribution is 2.41. The average molecular weight is 207 g/mol. The molecule has 1 aliphatic carbocycles. The first-order valence-corrected chi connectivity index (χ1v) is 5.75. The van der Waals surface area contributed by atoms with E-state index in [9.17, 15) is 4.39 Å². The smallest absolute Gasteiger partial charge is 0.127 e. The number of fused-ring (bicyclic) bond motifs is 1. The summed E-state index contributed by atoms with van der Waals surface area (Å²) in [5, 5.41) is 3.48. The SMILES string of the molecule is CCCNC1CC(C)c2c(F)cccc21. The van der Waals surface area contributed by atoms with Crippen molar-refractivity contribution in [3.63, 3.8) is 0 Å². The van der Waals surface area contributed by atoms with Crippen molar-refractivity contribution in [1.29, 1.82) is 0 Å². The first-order valence-electron chi connectivity index (χ1n) is 5.75. The summed E-state index contributed by atoms with van der Waals surface area (Å²) >= 11 is 0. The summed E-state index contributed by atoms with van der Waals surface area (Å²) in [7, 11) is 0. The summed E-state index contributed by atoms with van der Waals surface area (Å²) in [4.78, 5) is 0. The second kappa shape index (κ2) is 4.31. The second-order valence-corrected chi connectivity index (χ2v) is 4.39. The molecule has 0 amide bonds. The molecule has 0 heterocycles. The van der Waals surface area contributed by atoms with Crippen molar-refractivity contribution < 1.29 is 4.39 Å². The van der Waals surface area contributed by atoms with Gasteiger partial charge in [0.2, 0.25) is 0 Å². The van der Waals surface area contributed by atoms with Gasteiger partial charge in [-0.25, -0.2) is 4.39 Å². The van der Waals surface area contributed by atoms with E-state index in [1.54, 1.807) is 6.07 Å². The molecule has 0 aromatic heterocycles. The summed E-state index contributed by atoms with van der Waals surface area (Å²) < 4.78 is 13.6. The van der Waals surface area contributed by atoms with Crippen LogP contribution in [-0.2, 0) is 0 Å². The Bertz CT molecular complexity index is 348. The lowest BCUT2D eigenvalue weighted by Gasteiger charge is -2.12. The normalized spacial score (nSPS) is 24.2. The molecule has 1 aromatic carbocycles. The van der Waals surface area contributed by atoms with Crippen LogP contribution in [0.4, 0.5) is 4.39 Å². The van der Waals surface area contributed by atoms with Crippen molar-refractivity contribution in [3.8, 4) is 0 Å². The molecule has 2 atom stereocenters. The Labute approximate surface area is 90.7 Å². The molecule has 1 aromatic rings. The fourth-order valence-electron chi connectivity index (χ4n) is 2.49. The number of rotatable bonds is 3. The summed E-state index contributed by atoms with van der Waals surface area (Å²) in [5.41, 5.74) is 2.09. The summed E-state index contributed by atoms with van der Waals surface area (Å²) in [6, 6.07) is 5.78. The van der Waals surface area contributed by atoms with Crippen LogP contribution in [0, 0.1) is 5.82 Å². The molecule has 0 fully saturated rings. The van der Waals surface area contributed by atoms with E-state index < -0.39 is 0 Å². The maximum Gasteiger partial charge on any atom is 0.127 e. The van der Waals surface area contributed by atoms with E-state index in [0.717, 1.165) is 30.5 Å². The molecular weight excluding hydrogens is 189 g/mol. The molecule has 82 valence electrons. The van der Waals surface area contributed by atoms with Crippen molar-refractivity contribution >= 4 is 0 Å². The van der Waals surface area contributed by atoms with Crippen molar-refractivity contribution in [1.82, 2.24) is 5.32 Å². The Morgan fingerprint density at radius 2 is 2.27 bits per heavy atom. The average Bonchev–Trinajstić information content (AvgIpc) is 2.54. The first kappa shape index (κ1) is 10.6. The van der Waals surface area contributed by atoms with E-state index in [0.29, 0.717) is 12.0 Å². The van der Waals surface area contributed by atoms with E-state index in [1.165, 1.54) is 0 Å². The summed E-state index contributed by atoms with van der Waals surface area (Å²) in [5.74, 6) is 0.302. The fourth-order valence-corrected chi connectivity index (χ4v) is 2.49. The molecule has 1 N–H and O–H groups in total. The third-order valence-corrected chi connectivity index (χ3v) is 3.18. The molecule has 15 heavy (non-hydrogen) atoms. The van der Waals surface area contributed by atoms with Crippen LogP contribution in [0.5, 0.6) is 0 Å². The number of benzene rings is 1. The maximum absolute atomic E-state index is 13.6. The van der Waals surface area contributed by atoms with Crippen LogP contribution in [0.3, 0.4) is 0 Å². The maximum atomic E-state index is 13.6. The van der Waals surface area contributed by atoms with Gasteiger partial charge in [0.15, 0.2) is 0 Å². The molecule has 0 saturated carbocycles. The van der Waals surface area contributed by atoms with Crippen LogP contribution < -0.4 is 5.32 Å². The molecule has 0 aliphatic heterocycles. The topological polar surface area (TPSA) is 12.0 Å². The van der Waals surface area contributed by atoms with E-state index >= 15 is 0 Å². The van der Waals surface area contributed by atoms with E-state index in [-0.39, 0.29) is 5.82 Å². The predicted octanol–water partition coefficient (Wildman–Crippen LogP) is 3.37. The minimum absolute atomic E-state index is 0.0409. The van der Waals surface area contributed by atoms with E-state index in [2.05, 4.69) is 25.2 Å². The highest BCUT2D eigenvalue weighted by Gasteiger charge is 2.29. The quantitative estimate of drug-likeness (QED) is 0.801. The number of halogens is 1. The minimum atomic E-state index is -0.0409. The van der Waals surface area contributed by atoms with Gasteiger partial charge in [-0.1, -0.05) is 26.0 Å². The van der Waals surface area contributed by atoms with Crippen molar-refractivity contribution in [2.24, 2.45) is 0 Å². The Kier molecular flexibility index (Phi) is 3.06. The van der Waals surface area contributed by atoms with Gasteiger partial charge in [-0.2, -0.15) is 0 Å². The van der Waals surface area contributed by atoms with Gasteiger partial charge in [0.25, 0.3) is 0 Å². The number of nitrogens with one attached hydrogen (secondary N) is 1. The van der Waals surface area contributed by atoms with Gasteiger partial charge in [0.05, 0.1) is 0 Å². The van der Waals surface area contributed by atoms with E-state index in [4.69, 9.17) is 0 Å². The van der Waals surface area contributed by atoms with Crippen molar-refractivity contribution in [2.75, 3.05) is 6.54 Å². The molecule has 2 rings (SSSR count). The van der Waals surface area contributed by atoms with Gasteiger partial charge in [-0.3, -0.25) is 0 Å². The number of hydrogen-bond donors (Lipinski definition) is 1. The van der Waals surface area contributed by atoms with Gasteiger partial charge in [-0.05, 0) is 42.5 Å². The number of hydrogen-bond acceptors (Lipinski definition) is 1. The van der Waals surface area contributed by atoms with E-state index in [1.807, 2.05) is 6.07 Å². The molecule has 0 bridgehead atoms. The lowest BCUT2D eigenvalue weighted by atomic mass is 10.0. The van der Waals surface area contributed by atoms with Crippen LogP contribution in [-0.4, -0.2) is 6.54 Å². The minimum Gasteiger partial charge on any atom is -0.310 e. The highest BCUT2D eigenvalue weighted by atomic mass is 19.1. The van der Waals surface area contributed by atoms with Crippen LogP contribution in [0.1, 0.15) is 49.8 Å². The molecule has 0 radical (unpaired) electrons. The predicted molar refractivity (Wildman–Crippen MR) is 60.5 cm³/mol. The molecule has 2 unspecified atom stereocenters. The molecule has 0 saturated heterocycles. The van der Waals surface area contributed by atoms with Gasteiger partial charge >= 0.3 is 0 Å². The van der Waals surface area contributed by atoms with Crippen LogP contribution >= 0.6 is 0 Å². The molecule has 2 heteroatoms. The zero-order chi connectivity index (χ0) is 10.8. The third-order valence-electron chi connectivity index (χ3n) is 3.18. The largest absolute Gasteiger partial charge is 0.310 e. The van der Waals surface area contributed by atoms with Crippen LogP contribution in [0.2, 0.25) is 0 Å². The first-order chi connectivity index (χ1) is 7.24. The summed E-state index contributed by atoms with van der Waals surface area (Å²) in [6.45, 7) is 5.26. The summed E-state index contributed by atoms with van der Waals surface area (Å²) in [6.07, 6.45) is 2.14. The van der Waals surface area contributed by atoms with Gasteiger partial charge in [-0.15, -0.1) is 0 Å². The van der Waals surface area contributed by atoms with Crippen molar-refractivity contribution in [2.45, 2.75) is 38.6 Å². The van der Waals surface area contributed by atoms with Gasteiger partial charge < -0.3 is 5.32 Å². The molecule has 1 aliphatic rings. The molecular formula is C13H18FN. The molecule has 0 spiro atoms. The van der Waals surface area contributed by atoms with Gasteiger partial charge in [0.1, 0.15) is 5.82 Å². The Morgan fingerprint density at radius 3 is 3.00 bits per heavy atom. The Morgan fingerprint density at radius 1 is 1.47 bits per heavy atom. The second-order valence-electron chi connectivity index (χ2n) is 4.39. The fraction of sp³-hybridized carbons (Fsp3) is 0.538. The molecule has 1 nitrogen and oxygen atoms in total. The van der Waals surface area contributed by atoms with Crippen LogP contribution in [0.25, 0.3) is 0 Å². The van der Waals surface area contributed by atoms with Crippen LogP contribution in [0.15, 0.2) is 18.2 Å². The van der Waals surface area contributed by atoms with Gasteiger partial charge in [0, 0.05) is 6.04 Å². The zero-order valence-electron chi connectivity index (χ0n) is 9.39. The Balaban J connectivity index is 2.26. The highest BCUT2D eigenvalue weighted by molar-refractivity contribution is 5.38.